The van der Waals surface area contributed by atoms with Crippen LogP contribution in [-0.4, -0.2) is 25.6 Å². The van der Waals surface area contributed by atoms with Crippen molar-refractivity contribution >= 4 is 29.5 Å². The quantitative estimate of drug-likeness (QED) is 0.399. The second kappa shape index (κ2) is 8.88. The van der Waals surface area contributed by atoms with Crippen LogP contribution in [0.25, 0.3) is 6.08 Å². The molecule has 1 aliphatic heterocycles. The minimum Gasteiger partial charge on any atom is -0.493 e. The summed E-state index contributed by atoms with van der Waals surface area (Å²) in [5.41, 5.74) is 1.93. The van der Waals surface area contributed by atoms with Gasteiger partial charge in [0.25, 0.3) is 5.90 Å². The van der Waals surface area contributed by atoms with Crippen molar-refractivity contribution in [2.24, 2.45) is 4.99 Å². The molecule has 1 aromatic heterocycles. The molecule has 7 heteroatoms. The van der Waals surface area contributed by atoms with E-state index in [1.807, 2.05) is 30.3 Å². The monoisotopic (exact) mass is 423 g/mol. The van der Waals surface area contributed by atoms with Crippen molar-refractivity contribution < 1.29 is 23.4 Å². The first-order chi connectivity index (χ1) is 14.6. The Morgan fingerprint density at radius 2 is 1.97 bits per heavy atom. The van der Waals surface area contributed by atoms with Gasteiger partial charge in [-0.25, -0.2) is 9.79 Å². The van der Waals surface area contributed by atoms with Gasteiger partial charge in [0.05, 0.1) is 25.0 Å². The third-order valence-corrected chi connectivity index (χ3v) is 4.67. The fraction of sp³-hybridized carbons (Fsp3) is 0.130. The van der Waals surface area contributed by atoms with Crippen molar-refractivity contribution in [3.8, 4) is 11.5 Å². The summed E-state index contributed by atoms with van der Waals surface area (Å²) in [6, 6.07) is 16.8. The average Bonchev–Trinajstić information content (AvgIpc) is 3.40. The highest BCUT2D eigenvalue weighted by atomic mass is 35.5. The van der Waals surface area contributed by atoms with Crippen LogP contribution in [0, 0.1) is 0 Å². The van der Waals surface area contributed by atoms with E-state index in [1.165, 1.54) is 18.9 Å². The number of cyclic esters (lactones) is 1. The number of hydrogen-bond donors (Lipinski definition) is 0. The molecule has 0 aliphatic carbocycles. The number of carbonyl (C=O) groups excluding carboxylic acids is 1. The number of furan rings is 1. The van der Waals surface area contributed by atoms with Gasteiger partial charge < -0.3 is 18.6 Å². The number of rotatable bonds is 7. The average molecular weight is 424 g/mol. The van der Waals surface area contributed by atoms with Gasteiger partial charge >= 0.3 is 5.97 Å². The maximum atomic E-state index is 12.1. The van der Waals surface area contributed by atoms with Crippen LogP contribution in [0.2, 0.25) is 5.02 Å². The molecule has 1 aliphatic rings. The molecule has 2 aromatic carbocycles. The van der Waals surface area contributed by atoms with E-state index in [0.29, 0.717) is 34.5 Å². The zero-order valence-corrected chi connectivity index (χ0v) is 16.9. The lowest BCUT2D eigenvalue weighted by atomic mass is 10.1. The number of nitrogens with zero attached hydrogens (tertiary/aromatic N) is 1. The molecule has 0 unspecified atom stereocenters. The third kappa shape index (κ3) is 4.39. The Hall–Kier alpha value is -3.51. The summed E-state index contributed by atoms with van der Waals surface area (Å²) >= 11 is 6.43. The van der Waals surface area contributed by atoms with Gasteiger partial charge in [0.1, 0.15) is 0 Å². The van der Waals surface area contributed by atoms with Gasteiger partial charge in [-0.15, -0.1) is 0 Å². The molecule has 0 spiro atoms. The van der Waals surface area contributed by atoms with Gasteiger partial charge in [0.15, 0.2) is 23.0 Å². The molecule has 0 fully saturated rings. The van der Waals surface area contributed by atoms with Crippen molar-refractivity contribution in [3.05, 3.63) is 88.5 Å². The van der Waals surface area contributed by atoms with Crippen LogP contribution in [0.5, 0.6) is 11.5 Å². The largest absolute Gasteiger partial charge is 0.493 e. The van der Waals surface area contributed by atoms with Crippen LogP contribution >= 0.6 is 11.6 Å². The topological polar surface area (TPSA) is 70.3 Å². The number of benzene rings is 2. The zero-order chi connectivity index (χ0) is 20.9. The summed E-state index contributed by atoms with van der Waals surface area (Å²) in [5.74, 6) is 0.842. The maximum Gasteiger partial charge on any atom is 0.363 e. The molecule has 0 bridgehead atoms. The third-order valence-electron chi connectivity index (χ3n) is 4.39. The van der Waals surface area contributed by atoms with E-state index in [1.54, 1.807) is 30.3 Å². The van der Waals surface area contributed by atoms with E-state index in [9.17, 15) is 4.79 Å². The lowest BCUT2D eigenvalue weighted by Crippen LogP contribution is -2.04. The molecule has 2 heterocycles. The van der Waals surface area contributed by atoms with Crippen LogP contribution in [0.1, 0.15) is 16.9 Å². The molecule has 0 atom stereocenters. The molecule has 4 rings (SSSR count). The highest BCUT2D eigenvalue weighted by Gasteiger charge is 2.26. The van der Waals surface area contributed by atoms with E-state index in [2.05, 4.69) is 4.99 Å². The Labute approximate surface area is 178 Å². The van der Waals surface area contributed by atoms with Crippen LogP contribution in [0.4, 0.5) is 0 Å². The summed E-state index contributed by atoms with van der Waals surface area (Å²) in [4.78, 5) is 16.3. The molecular weight excluding hydrogens is 406 g/mol. The van der Waals surface area contributed by atoms with Crippen molar-refractivity contribution in [2.75, 3.05) is 13.7 Å². The summed E-state index contributed by atoms with van der Waals surface area (Å²) in [5, 5.41) is 0.371. The van der Waals surface area contributed by atoms with E-state index < -0.39 is 5.97 Å². The first-order valence-corrected chi connectivity index (χ1v) is 9.62. The Morgan fingerprint density at radius 1 is 1.13 bits per heavy atom. The Bertz CT molecular complexity index is 1100. The zero-order valence-electron chi connectivity index (χ0n) is 16.1. The highest BCUT2D eigenvalue weighted by Crippen LogP contribution is 2.37. The van der Waals surface area contributed by atoms with Crippen LogP contribution in [0.3, 0.4) is 0 Å². The second-order valence-electron chi connectivity index (χ2n) is 6.43. The lowest BCUT2D eigenvalue weighted by molar-refractivity contribution is -0.130. The van der Waals surface area contributed by atoms with Gasteiger partial charge in [-0.3, -0.25) is 0 Å². The number of carbonyl (C=O) groups is 1. The molecule has 0 amide bonds. The van der Waals surface area contributed by atoms with Crippen LogP contribution in [-0.2, 0) is 16.0 Å². The standard InChI is InChI=1S/C23H18ClNO5/c1-27-20-14-16(13-18-23(26)30-22(25-18)19-8-5-10-28-19)12-17(24)21(20)29-11-9-15-6-3-2-4-7-15/h2-8,10,12-14H,9,11H2,1H3/b18-13-. The Balaban J connectivity index is 1.53. The molecule has 152 valence electrons. The fourth-order valence-corrected chi connectivity index (χ4v) is 3.23. The van der Waals surface area contributed by atoms with Crippen LogP contribution < -0.4 is 9.47 Å². The van der Waals surface area contributed by atoms with Gasteiger partial charge in [-0.1, -0.05) is 41.9 Å². The number of methoxy groups -OCH3 is 1. The van der Waals surface area contributed by atoms with Gasteiger partial charge in [-0.05, 0) is 41.5 Å². The fourth-order valence-electron chi connectivity index (χ4n) is 2.95. The summed E-state index contributed by atoms with van der Waals surface area (Å²) < 4.78 is 21.7. The molecule has 0 radical (unpaired) electrons. The number of esters is 1. The first kappa shape index (κ1) is 19.8. The predicted octanol–water partition coefficient (Wildman–Crippen LogP) is 4.91. The van der Waals surface area contributed by atoms with Gasteiger partial charge in [0.2, 0.25) is 0 Å². The minimum absolute atomic E-state index is 0.121. The van der Waals surface area contributed by atoms with E-state index in [0.717, 1.165) is 6.42 Å². The number of aliphatic imine (C=N–C) groups is 1. The highest BCUT2D eigenvalue weighted by molar-refractivity contribution is 6.32. The summed E-state index contributed by atoms with van der Waals surface area (Å²) in [7, 11) is 1.53. The molecule has 0 N–H and O–H groups in total. The predicted molar refractivity (Wildman–Crippen MR) is 113 cm³/mol. The second-order valence-corrected chi connectivity index (χ2v) is 6.84. The molecule has 30 heavy (non-hydrogen) atoms. The van der Waals surface area contributed by atoms with E-state index in [-0.39, 0.29) is 11.6 Å². The lowest BCUT2D eigenvalue weighted by Gasteiger charge is -2.13. The number of halogens is 1. The summed E-state index contributed by atoms with van der Waals surface area (Å²) in [6.45, 7) is 0.448. The van der Waals surface area contributed by atoms with E-state index in [4.69, 9.17) is 30.2 Å². The smallest absolute Gasteiger partial charge is 0.363 e. The Morgan fingerprint density at radius 3 is 2.70 bits per heavy atom. The molecule has 0 saturated heterocycles. The van der Waals surface area contributed by atoms with E-state index >= 15 is 0 Å². The van der Waals surface area contributed by atoms with Crippen molar-refractivity contribution in [1.82, 2.24) is 0 Å². The normalized spacial score (nSPS) is 14.5. The summed E-state index contributed by atoms with van der Waals surface area (Å²) in [6.07, 6.45) is 3.79. The number of ether oxygens (including phenoxy) is 3. The first-order valence-electron chi connectivity index (χ1n) is 9.25. The molecule has 3 aromatic rings. The van der Waals surface area contributed by atoms with Gasteiger partial charge in [0, 0.05) is 6.42 Å². The Kier molecular flexibility index (Phi) is 5.86. The van der Waals surface area contributed by atoms with Crippen molar-refractivity contribution in [2.45, 2.75) is 6.42 Å². The minimum atomic E-state index is -0.570. The van der Waals surface area contributed by atoms with Gasteiger partial charge in [-0.2, -0.15) is 0 Å². The number of hydrogen-bond acceptors (Lipinski definition) is 6. The van der Waals surface area contributed by atoms with Crippen molar-refractivity contribution in [3.63, 3.8) is 0 Å². The molecular formula is C23H18ClNO5. The van der Waals surface area contributed by atoms with Crippen LogP contribution in [0.15, 0.2) is 76.0 Å². The SMILES string of the molecule is COc1cc(/C=C2\N=C(c3ccco3)OC2=O)cc(Cl)c1OCCc1ccccc1. The van der Waals surface area contributed by atoms with Crippen molar-refractivity contribution in [1.29, 1.82) is 0 Å². The molecule has 0 saturated carbocycles. The molecule has 6 nitrogen and oxygen atoms in total. The maximum absolute atomic E-state index is 12.1.